The van der Waals surface area contributed by atoms with Crippen molar-refractivity contribution in [1.82, 2.24) is 0 Å². The molecule has 0 bridgehead atoms. The van der Waals surface area contributed by atoms with Crippen LogP contribution in [-0.2, 0) is 12.8 Å². The zero-order valence-corrected chi connectivity index (χ0v) is 15.2. The normalized spacial score (nSPS) is 16.1. The van der Waals surface area contributed by atoms with E-state index in [4.69, 9.17) is 21.1 Å². The van der Waals surface area contributed by atoms with E-state index in [-0.39, 0.29) is 13.2 Å². The molecule has 0 saturated heterocycles. The Morgan fingerprint density at radius 1 is 0.960 bits per heavy atom. The van der Waals surface area contributed by atoms with Crippen LogP contribution in [0.5, 0.6) is 11.5 Å². The topological polar surface area (TPSA) is 58.9 Å². The van der Waals surface area contributed by atoms with Crippen molar-refractivity contribution in [3.63, 3.8) is 0 Å². The minimum absolute atomic E-state index is 0.214. The number of aliphatic hydroxyl groups excluding tert-OH is 2. The Hall–Kier alpha value is -1.75. The van der Waals surface area contributed by atoms with Gasteiger partial charge < -0.3 is 19.7 Å². The number of allylic oxidation sites excluding steroid dienone is 2. The average molecular weight is 363 g/mol. The summed E-state index contributed by atoms with van der Waals surface area (Å²) in [5.41, 5.74) is 2.02. The molecule has 0 heterocycles. The van der Waals surface area contributed by atoms with Crippen LogP contribution in [-0.4, -0.2) is 35.6 Å². The van der Waals surface area contributed by atoms with E-state index in [1.807, 2.05) is 30.3 Å². The largest absolute Gasteiger partial charge is 0.490 e. The molecule has 2 atom stereocenters. The molecule has 1 aliphatic carbocycles. The summed E-state index contributed by atoms with van der Waals surface area (Å²) in [6, 6.07) is 7.87. The maximum absolute atomic E-state index is 9.63. The van der Waals surface area contributed by atoms with E-state index in [2.05, 4.69) is 0 Å². The fourth-order valence-corrected chi connectivity index (χ4v) is 3.28. The summed E-state index contributed by atoms with van der Waals surface area (Å²) in [6.07, 6.45) is 2.09. The molecule has 2 aromatic carbocycles. The number of hydrogen-bond acceptors (Lipinski definition) is 4. The quantitative estimate of drug-likeness (QED) is 0.824. The van der Waals surface area contributed by atoms with Gasteiger partial charge in [0.15, 0.2) is 0 Å². The molecule has 2 aromatic rings. The van der Waals surface area contributed by atoms with Gasteiger partial charge in [0, 0.05) is 33.4 Å². The van der Waals surface area contributed by atoms with Crippen LogP contribution < -0.4 is 9.47 Å². The number of benzene rings is 2. The number of hydrogen-bond donors (Lipinski definition) is 2. The minimum Gasteiger partial charge on any atom is -0.490 e. The van der Waals surface area contributed by atoms with E-state index < -0.39 is 12.2 Å². The van der Waals surface area contributed by atoms with E-state index in [1.54, 1.807) is 13.8 Å². The molecule has 2 unspecified atom stereocenters. The van der Waals surface area contributed by atoms with Crippen LogP contribution >= 0.6 is 11.6 Å². The minimum atomic E-state index is -0.560. The standard InChI is InChI=1S/C20H23ClO4/c1-12(22)10-24-19-15-5-3-4-6-16(15)20(25-11-13(2)23)18-9-14(21)7-8-17(18)19/h3-7,12-13,22-23H,8-11H2,1-2H3. The summed E-state index contributed by atoms with van der Waals surface area (Å²) >= 11 is 6.29. The number of rotatable bonds is 6. The summed E-state index contributed by atoms with van der Waals surface area (Å²) in [4.78, 5) is 0. The molecule has 4 nitrogen and oxygen atoms in total. The van der Waals surface area contributed by atoms with Crippen LogP contribution in [0.15, 0.2) is 35.4 Å². The first-order valence-electron chi connectivity index (χ1n) is 8.50. The number of fused-ring (bicyclic) bond motifs is 2. The Morgan fingerprint density at radius 2 is 1.48 bits per heavy atom. The summed E-state index contributed by atoms with van der Waals surface area (Å²) in [5.74, 6) is 1.53. The van der Waals surface area contributed by atoms with Crippen molar-refractivity contribution in [2.75, 3.05) is 13.2 Å². The van der Waals surface area contributed by atoms with Crippen LogP contribution in [0.4, 0.5) is 0 Å². The van der Waals surface area contributed by atoms with Gasteiger partial charge in [0.2, 0.25) is 0 Å². The van der Waals surface area contributed by atoms with Gasteiger partial charge in [-0.2, -0.15) is 0 Å². The molecule has 1 aliphatic rings. The van der Waals surface area contributed by atoms with Crippen molar-refractivity contribution in [1.29, 1.82) is 0 Å². The fraction of sp³-hybridized carbons (Fsp3) is 0.400. The van der Waals surface area contributed by atoms with Crippen LogP contribution in [0, 0.1) is 0 Å². The van der Waals surface area contributed by atoms with Crippen LogP contribution in [0.25, 0.3) is 10.8 Å². The van der Waals surface area contributed by atoms with Crippen molar-refractivity contribution >= 4 is 22.4 Å². The predicted octanol–water partition coefficient (Wildman–Crippen LogP) is 3.58. The lowest BCUT2D eigenvalue weighted by Crippen LogP contribution is -2.17. The molecule has 0 saturated carbocycles. The lowest BCUT2D eigenvalue weighted by Gasteiger charge is -2.25. The molecular weight excluding hydrogens is 340 g/mol. The Labute approximate surface area is 152 Å². The van der Waals surface area contributed by atoms with E-state index in [0.29, 0.717) is 12.8 Å². The third kappa shape index (κ3) is 3.92. The van der Waals surface area contributed by atoms with E-state index in [1.165, 1.54) is 0 Å². The zero-order chi connectivity index (χ0) is 18.0. The van der Waals surface area contributed by atoms with Crippen molar-refractivity contribution in [3.05, 3.63) is 46.5 Å². The number of ether oxygens (including phenoxy) is 2. The van der Waals surface area contributed by atoms with Crippen LogP contribution in [0.1, 0.15) is 25.0 Å². The first kappa shape index (κ1) is 18.1. The van der Waals surface area contributed by atoms with Gasteiger partial charge in [-0.1, -0.05) is 41.9 Å². The molecule has 3 rings (SSSR count). The lowest BCUT2D eigenvalue weighted by atomic mass is 9.90. The second-order valence-electron chi connectivity index (χ2n) is 6.51. The van der Waals surface area contributed by atoms with Gasteiger partial charge in [-0.05, 0) is 20.3 Å². The summed E-state index contributed by atoms with van der Waals surface area (Å²) < 4.78 is 11.9. The SMILES string of the molecule is CC(O)COc1c2c(c(OCC(C)O)c3ccccc13)CC(Cl)=CC2. The molecule has 2 N–H and O–H groups in total. The van der Waals surface area contributed by atoms with Gasteiger partial charge in [0.05, 0.1) is 12.2 Å². The summed E-state index contributed by atoms with van der Waals surface area (Å²) in [7, 11) is 0. The molecule has 25 heavy (non-hydrogen) atoms. The maximum Gasteiger partial charge on any atom is 0.131 e. The molecule has 0 radical (unpaired) electrons. The van der Waals surface area contributed by atoms with Gasteiger partial charge in [-0.25, -0.2) is 0 Å². The van der Waals surface area contributed by atoms with Crippen LogP contribution in [0.2, 0.25) is 0 Å². The maximum atomic E-state index is 9.63. The molecule has 0 spiro atoms. The molecule has 0 aromatic heterocycles. The first-order chi connectivity index (χ1) is 12.0. The number of aliphatic hydroxyl groups is 2. The highest BCUT2D eigenvalue weighted by Crippen LogP contribution is 2.44. The zero-order valence-electron chi connectivity index (χ0n) is 14.5. The van der Waals surface area contributed by atoms with Gasteiger partial charge in [-0.15, -0.1) is 0 Å². The Morgan fingerprint density at radius 3 is 2.00 bits per heavy atom. The second-order valence-corrected chi connectivity index (χ2v) is 7.00. The summed E-state index contributed by atoms with van der Waals surface area (Å²) in [5, 5.41) is 21.9. The van der Waals surface area contributed by atoms with Gasteiger partial charge in [0.25, 0.3) is 0 Å². The van der Waals surface area contributed by atoms with Gasteiger partial charge in [0.1, 0.15) is 24.7 Å². The van der Waals surface area contributed by atoms with Crippen molar-refractivity contribution in [3.8, 4) is 11.5 Å². The highest BCUT2D eigenvalue weighted by atomic mass is 35.5. The Kier molecular flexibility index (Phi) is 5.52. The van der Waals surface area contributed by atoms with E-state index in [9.17, 15) is 10.2 Å². The van der Waals surface area contributed by atoms with Crippen LogP contribution in [0.3, 0.4) is 0 Å². The Balaban J connectivity index is 2.18. The Bertz CT molecular complexity index is 796. The predicted molar refractivity (Wildman–Crippen MR) is 99.6 cm³/mol. The molecule has 134 valence electrons. The van der Waals surface area contributed by atoms with Crippen molar-refractivity contribution in [2.45, 2.75) is 38.9 Å². The molecule has 0 fully saturated rings. The van der Waals surface area contributed by atoms with E-state index >= 15 is 0 Å². The smallest absolute Gasteiger partial charge is 0.131 e. The summed E-state index contributed by atoms with van der Waals surface area (Å²) in [6.45, 7) is 3.83. The van der Waals surface area contributed by atoms with Crippen molar-refractivity contribution < 1.29 is 19.7 Å². The molecule has 0 amide bonds. The number of halogens is 1. The first-order valence-corrected chi connectivity index (χ1v) is 8.88. The van der Waals surface area contributed by atoms with E-state index in [0.717, 1.165) is 38.4 Å². The van der Waals surface area contributed by atoms with Gasteiger partial charge >= 0.3 is 0 Å². The third-order valence-corrected chi connectivity index (χ3v) is 4.43. The van der Waals surface area contributed by atoms with Gasteiger partial charge in [-0.3, -0.25) is 0 Å². The molecule has 5 heteroatoms. The highest BCUT2D eigenvalue weighted by Gasteiger charge is 2.24. The highest BCUT2D eigenvalue weighted by molar-refractivity contribution is 6.30. The fourth-order valence-electron chi connectivity index (χ4n) is 3.07. The third-order valence-electron chi connectivity index (χ3n) is 4.14. The molecular formula is C20H23ClO4. The lowest BCUT2D eigenvalue weighted by molar-refractivity contribution is 0.121. The molecule has 0 aliphatic heterocycles. The monoisotopic (exact) mass is 362 g/mol. The second kappa shape index (κ2) is 7.65. The van der Waals surface area contributed by atoms with Crippen molar-refractivity contribution in [2.24, 2.45) is 0 Å². The average Bonchev–Trinajstić information content (AvgIpc) is 2.57.